The molecule has 19 heavy (non-hydrogen) atoms. The first-order chi connectivity index (χ1) is 9.19. The van der Waals surface area contributed by atoms with Crippen molar-refractivity contribution in [2.24, 2.45) is 5.41 Å². The Labute approximate surface area is 117 Å². The Morgan fingerprint density at radius 2 is 2.21 bits per heavy atom. The molecule has 1 aliphatic carbocycles. The normalized spacial score (nSPS) is 22.6. The fraction of sp³-hybridized carbons (Fsp3) is 0.533. The number of hydrogen-bond donors (Lipinski definition) is 1. The van der Waals surface area contributed by atoms with Crippen molar-refractivity contribution in [3.8, 4) is 5.75 Å². The zero-order valence-electron chi connectivity index (χ0n) is 10.8. The highest BCUT2D eigenvalue weighted by Crippen LogP contribution is 2.51. The number of para-hydroxylation sites is 1. The lowest BCUT2D eigenvalue weighted by atomic mass is 10.0. The number of carboxylic acid groups (broad SMARTS) is 1. The minimum absolute atomic E-state index is 0.0927. The topological polar surface area (TPSA) is 46.5 Å². The molecule has 1 N–H and O–H groups in total. The van der Waals surface area contributed by atoms with Gasteiger partial charge < -0.3 is 9.84 Å². The molecule has 0 radical (unpaired) electrons. The molecule has 1 aromatic rings. The molecule has 1 aromatic carbocycles. The molecule has 1 fully saturated rings. The van der Waals surface area contributed by atoms with Gasteiger partial charge in [0.1, 0.15) is 5.75 Å². The highest BCUT2D eigenvalue weighted by atomic mass is 32.2. The van der Waals surface area contributed by atoms with Crippen molar-refractivity contribution in [1.29, 1.82) is 0 Å². The Balaban J connectivity index is 1.50. The van der Waals surface area contributed by atoms with E-state index in [1.165, 1.54) is 5.56 Å². The van der Waals surface area contributed by atoms with Crippen molar-refractivity contribution in [1.82, 2.24) is 0 Å². The molecule has 0 bridgehead atoms. The number of fused-ring (bicyclic) bond motifs is 1. The molecule has 0 amide bonds. The third-order valence-electron chi connectivity index (χ3n) is 4.01. The molecule has 102 valence electrons. The van der Waals surface area contributed by atoms with Gasteiger partial charge in [-0.25, -0.2) is 0 Å². The van der Waals surface area contributed by atoms with Crippen LogP contribution in [0.15, 0.2) is 24.3 Å². The second kappa shape index (κ2) is 5.08. The fourth-order valence-corrected chi connectivity index (χ4v) is 4.16. The first-order valence-corrected chi connectivity index (χ1v) is 7.85. The van der Waals surface area contributed by atoms with E-state index in [0.29, 0.717) is 12.3 Å². The number of benzene rings is 1. The summed E-state index contributed by atoms with van der Waals surface area (Å²) in [7, 11) is 0. The van der Waals surface area contributed by atoms with Crippen molar-refractivity contribution in [2.45, 2.75) is 25.2 Å². The van der Waals surface area contributed by atoms with Gasteiger partial charge in [-0.15, -0.1) is 0 Å². The average Bonchev–Trinajstić information content (AvgIpc) is 3.00. The van der Waals surface area contributed by atoms with Crippen LogP contribution in [-0.4, -0.2) is 29.2 Å². The summed E-state index contributed by atoms with van der Waals surface area (Å²) in [5, 5.41) is 8.90. The Bertz CT molecular complexity index is 482. The maximum absolute atomic E-state index is 10.8. The van der Waals surface area contributed by atoms with Gasteiger partial charge >= 0.3 is 5.97 Å². The Hall–Kier alpha value is -1.16. The van der Waals surface area contributed by atoms with Crippen LogP contribution in [0.25, 0.3) is 0 Å². The van der Waals surface area contributed by atoms with E-state index in [0.717, 1.165) is 36.7 Å². The van der Waals surface area contributed by atoms with Crippen molar-refractivity contribution in [2.75, 3.05) is 18.1 Å². The number of carbonyl (C=O) groups is 1. The summed E-state index contributed by atoms with van der Waals surface area (Å²) < 4.78 is 5.67. The minimum atomic E-state index is -0.660. The van der Waals surface area contributed by atoms with Gasteiger partial charge in [0.15, 0.2) is 0 Å². The van der Waals surface area contributed by atoms with Crippen LogP contribution in [0.1, 0.15) is 30.7 Å². The lowest BCUT2D eigenvalue weighted by molar-refractivity contribution is -0.138. The molecule has 2 aliphatic rings. The van der Waals surface area contributed by atoms with Crippen LogP contribution in [0, 0.1) is 5.41 Å². The Morgan fingerprint density at radius 3 is 2.95 bits per heavy atom. The number of ether oxygens (including phenoxy) is 1. The molecule has 1 unspecified atom stereocenters. The van der Waals surface area contributed by atoms with Crippen molar-refractivity contribution >= 4 is 17.7 Å². The van der Waals surface area contributed by atoms with Gasteiger partial charge in [0, 0.05) is 17.2 Å². The third kappa shape index (κ3) is 2.89. The highest BCUT2D eigenvalue weighted by molar-refractivity contribution is 7.99. The van der Waals surface area contributed by atoms with Crippen molar-refractivity contribution in [3.63, 3.8) is 0 Å². The molecule has 4 heteroatoms. The average molecular weight is 278 g/mol. The van der Waals surface area contributed by atoms with E-state index in [2.05, 4.69) is 12.1 Å². The van der Waals surface area contributed by atoms with Crippen LogP contribution < -0.4 is 4.74 Å². The van der Waals surface area contributed by atoms with Crippen LogP contribution >= 0.6 is 11.8 Å². The summed E-state index contributed by atoms with van der Waals surface area (Å²) in [5.41, 5.74) is 1.40. The summed E-state index contributed by atoms with van der Waals surface area (Å²) >= 11 is 1.88. The van der Waals surface area contributed by atoms with Crippen LogP contribution in [-0.2, 0) is 4.79 Å². The molecule has 0 aromatic heterocycles. The smallest absolute Gasteiger partial charge is 0.303 e. The zero-order chi connectivity index (χ0) is 13.3. The molecule has 1 atom stereocenters. The van der Waals surface area contributed by atoms with E-state index in [4.69, 9.17) is 9.84 Å². The number of aliphatic carboxylic acids is 1. The van der Waals surface area contributed by atoms with Gasteiger partial charge in [0.25, 0.3) is 0 Å². The van der Waals surface area contributed by atoms with E-state index in [1.54, 1.807) is 0 Å². The highest BCUT2D eigenvalue weighted by Gasteiger charge is 2.44. The predicted molar refractivity (Wildman–Crippen MR) is 75.9 cm³/mol. The van der Waals surface area contributed by atoms with Crippen LogP contribution in [0.5, 0.6) is 5.75 Å². The number of carboxylic acids is 1. The lowest BCUT2D eigenvalue weighted by Crippen LogP contribution is -2.13. The monoisotopic (exact) mass is 278 g/mol. The number of rotatable bonds is 6. The molecule has 1 heterocycles. The number of hydrogen-bond acceptors (Lipinski definition) is 3. The molecular weight excluding hydrogens is 260 g/mol. The van der Waals surface area contributed by atoms with Gasteiger partial charge in [0.2, 0.25) is 0 Å². The van der Waals surface area contributed by atoms with Crippen LogP contribution in [0.2, 0.25) is 0 Å². The van der Waals surface area contributed by atoms with Gasteiger partial charge in [-0.1, -0.05) is 18.2 Å². The third-order valence-corrected chi connectivity index (χ3v) is 5.46. The first-order valence-electron chi connectivity index (χ1n) is 6.70. The standard InChI is InChI=1S/C15H18O3S/c16-14(17)7-15(5-6-15)10-19-9-11-8-18-13-4-2-1-3-12(11)13/h1-4,11H,5-10H2,(H,16,17). The quantitative estimate of drug-likeness (QED) is 0.868. The molecule has 3 nitrogen and oxygen atoms in total. The Morgan fingerprint density at radius 1 is 1.42 bits per heavy atom. The van der Waals surface area contributed by atoms with E-state index < -0.39 is 5.97 Å². The largest absolute Gasteiger partial charge is 0.493 e. The summed E-state index contributed by atoms with van der Waals surface area (Å²) in [6.07, 6.45) is 2.48. The van der Waals surface area contributed by atoms with Crippen LogP contribution in [0.4, 0.5) is 0 Å². The maximum Gasteiger partial charge on any atom is 0.303 e. The van der Waals surface area contributed by atoms with E-state index >= 15 is 0 Å². The maximum atomic E-state index is 10.8. The number of thioether (sulfide) groups is 1. The lowest BCUT2D eigenvalue weighted by Gasteiger charge is -2.14. The van der Waals surface area contributed by atoms with E-state index in [1.807, 2.05) is 23.9 Å². The summed E-state index contributed by atoms with van der Waals surface area (Å²) in [6.45, 7) is 0.762. The Kier molecular flexibility index (Phi) is 3.44. The predicted octanol–water partition coefficient (Wildman–Crippen LogP) is 3.15. The molecular formula is C15H18O3S. The van der Waals surface area contributed by atoms with E-state index in [9.17, 15) is 4.79 Å². The van der Waals surface area contributed by atoms with Crippen molar-refractivity contribution in [3.05, 3.63) is 29.8 Å². The van der Waals surface area contributed by atoms with Crippen LogP contribution in [0.3, 0.4) is 0 Å². The molecule has 1 saturated carbocycles. The van der Waals surface area contributed by atoms with Gasteiger partial charge in [0.05, 0.1) is 13.0 Å². The van der Waals surface area contributed by atoms with Gasteiger partial charge in [-0.05, 0) is 30.1 Å². The van der Waals surface area contributed by atoms with Gasteiger partial charge in [-0.2, -0.15) is 11.8 Å². The van der Waals surface area contributed by atoms with Gasteiger partial charge in [-0.3, -0.25) is 4.79 Å². The van der Waals surface area contributed by atoms with Crippen molar-refractivity contribution < 1.29 is 14.6 Å². The SMILES string of the molecule is O=C(O)CC1(CSCC2COc3ccccc32)CC1. The second-order valence-corrected chi connectivity index (χ2v) is 6.66. The molecule has 0 spiro atoms. The second-order valence-electron chi connectivity index (χ2n) is 5.63. The molecule has 1 aliphatic heterocycles. The molecule has 0 saturated heterocycles. The minimum Gasteiger partial charge on any atom is -0.493 e. The zero-order valence-corrected chi connectivity index (χ0v) is 11.6. The summed E-state index contributed by atoms with van der Waals surface area (Å²) in [4.78, 5) is 10.8. The van der Waals surface area contributed by atoms with E-state index in [-0.39, 0.29) is 5.41 Å². The first kappa shape index (κ1) is 12.9. The molecule has 3 rings (SSSR count). The fourth-order valence-electron chi connectivity index (χ4n) is 2.65. The summed E-state index contributed by atoms with van der Waals surface area (Å²) in [6, 6.07) is 8.21. The summed E-state index contributed by atoms with van der Waals surface area (Å²) in [5.74, 6) is 2.81.